The Morgan fingerprint density at radius 2 is 2.36 bits per heavy atom. The predicted octanol–water partition coefficient (Wildman–Crippen LogP) is -0.370. The fraction of sp³-hybridized carbons (Fsp3) is 0.467. The van der Waals surface area contributed by atoms with Gasteiger partial charge in [0.2, 0.25) is 11.8 Å². The van der Waals surface area contributed by atoms with E-state index in [4.69, 9.17) is 11.0 Å². The molecular formula is C15H20N5O2. The molecule has 7 nitrogen and oxygen atoms in total. The molecule has 0 spiro atoms. The van der Waals surface area contributed by atoms with Gasteiger partial charge in [-0.25, -0.2) is 0 Å². The van der Waals surface area contributed by atoms with E-state index in [2.05, 4.69) is 11.4 Å². The third-order valence-corrected chi connectivity index (χ3v) is 3.71. The first-order chi connectivity index (χ1) is 10.6. The summed E-state index contributed by atoms with van der Waals surface area (Å²) in [5.74, 6) is -0.675. The van der Waals surface area contributed by atoms with E-state index >= 15 is 0 Å². The van der Waals surface area contributed by atoms with E-state index in [1.807, 2.05) is 0 Å². The van der Waals surface area contributed by atoms with Crippen LogP contribution in [0.15, 0.2) is 18.3 Å². The molecule has 1 aliphatic heterocycles. The number of carbonyl (C=O) groups excluding carboxylic acids is 2. The number of carbonyl (C=O) groups is 2. The zero-order valence-corrected chi connectivity index (χ0v) is 12.4. The topological polar surface area (TPSA) is 104 Å². The molecule has 0 saturated carbocycles. The highest BCUT2D eigenvalue weighted by Crippen LogP contribution is 2.09. The minimum atomic E-state index is -0.604. The van der Waals surface area contributed by atoms with Crippen LogP contribution >= 0.6 is 0 Å². The number of hydrogen-bond acceptors (Lipinski definition) is 4. The molecule has 22 heavy (non-hydrogen) atoms. The van der Waals surface area contributed by atoms with Gasteiger partial charge in [0, 0.05) is 25.8 Å². The number of aromatic nitrogens is 1. The van der Waals surface area contributed by atoms with Crippen molar-refractivity contribution in [3.05, 3.63) is 30.4 Å². The molecule has 1 aliphatic rings. The van der Waals surface area contributed by atoms with Crippen LogP contribution in [-0.2, 0) is 16.1 Å². The molecule has 0 aliphatic carbocycles. The maximum Gasteiger partial charge on any atom is 0.241 e. The van der Waals surface area contributed by atoms with Gasteiger partial charge in [-0.2, -0.15) is 5.26 Å². The monoisotopic (exact) mass is 302 g/mol. The van der Waals surface area contributed by atoms with Crippen LogP contribution in [0.25, 0.3) is 0 Å². The van der Waals surface area contributed by atoms with E-state index < -0.39 is 11.9 Å². The summed E-state index contributed by atoms with van der Waals surface area (Å²) in [6.07, 6.45) is 4.65. The van der Waals surface area contributed by atoms with Crippen molar-refractivity contribution in [2.75, 3.05) is 19.6 Å². The maximum atomic E-state index is 12.3. The Hall–Kier alpha value is -2.33. The zero-order chi connectivity index (χ0) is 15.9. The average molecular weight is 302 g/mol. The van der Waals surface area contributed by atoms with Crippen LogP contribution in [0.4, 0.5) is 0 Å². The Labute approximate surface area is 129 Å². The molecule has 2 amide bonds. The van der Waals surface area contributed by atoms with E-state index in [1.165, 1.54) is 4.90 Å². The molecule has 1 unspecified atom stereocenters. The molecule has 2 heterocycles. The summed E-state index contributed by atoms with van der Waals surface area (Å²) in [7, 11) is 0. The quantitative estimate of drug-likeness (QED) is 0.774. The van der Waals surface area contributed by atoms with Crippen LogP contribution in [0.1, 0.15) is 18.5 Å². The summed E-state index contributed by atoms with van der Waals surface area (Å²) in [6, 6.07) is 5.01. The first-order valence-corrected chi connectivity index (χ1v) is 7.32. The molecule has 1 fully saturated rings. The molecule has 0 aromatic carbocycles. The summed E-state index contributed by atoms with van der Waals surface area (Å²) in [5, 5.41) is 12.0. The Kier molecular flexibility index (Phi) is 5.55. The number of nitrogens with one attached hydrogen (secondary N) is 1. The Balaban J connectivity index is 1.90. The SMILES string of the molecule is N#Cc1cccn1CC[CH]C(=O)N1CCCNCC1C(N)=O. The number of amides is 2. The largest absolute Gasteiger partial charge is 0.368 e. The van der Waals surface area contributed by atoms with Gasteiger partial charge in [-0.3, -0.25) is 9.59 Å². The lowest BCUT2D eigenvalue weighted by Gasteiger charge is -2.27. The summed E-state index contributed by atoms with van der Waals surface area (Å²) >= 11 is 0. The third-order valence-electron chi connectivity index (χ3n) is 3.71. The van der Waals surface area contributed by atoms with Crippen molar-refractivity contribution in [2.45, 2.75) is 25.4 Å². The Bertz CT molecular complexity index is 575. The predicted molar refractivity (Wildman–Crippen MR) is 80.2 cm³/mol. The van der Waals surface area contributed by atoms with Gasteiger partial charge in [0.15, 0.2) is 0 Å². The Morgan fingerprint density at radius 1 is 1.55 bits per heavy atom. The first kappa shape index (κ1) is 16.0. The van der Waals surface area contributed by atoms with Crippen molar-refractivity contribution in [1.82, 2.24) is 14.8 Å². The number of nitriles is 1. The molecule has 1 atom stereocenters. The normalized spacial score (nSPS) is 18.5. The number of nitrogens with two attached hydrogens (primary N) is 1. The second-order valence-corrected chi connectivity index (χ2v) is 5.20. The maximum absolute atomic E-state index is 12.3. The van der Waals surface area contributed by atoms with Crippen molar-refractivity contribution >= 4 is 11.8 Å². The van der Waals surface area contributed by atoms with Crippen LogP contribution in [0.5, 0.6) is 0 Å². The highest BCUT2D eigenvalue weighted by atomic mass is 16.2. The molecule has 1 saturated heterocycles. The molecule has 1 radical (unpaired) electrons. The van der Waals surface area contributed by atoms with E-state index in [9.17, 15) is 9.59 Å². The summed E-state index contributed by atoms with van der Waals surface area (Å²) < 4.78 is 1.79. The molecule has 0 bridgehead atoms. The first-order valence-electron chi connectivity index (χ1n) is 7.32. The zero-order valence-electron chi connectivity index (χ0n) is 12.4. The fourth-order valence-electron chi connectivity index (χ4n) is 2.55. The average Bonchev–Trinajstić information content (AvgIpc) is 2.80. The summed E-state index contributed by atoms with van der Waals surface area (Å²) in [5.41, 5.74) is 5.95. The van der Waals surface area contributed by atoms with Crippen LogP contribution in [0.3, 0.4) is 0 Å². The van der Waals surface area contributed by atoms with Gasteiger partial charge in [0.1, 0.15) is 17.8 Å². The summed E-state index contributed by atoms with van der Waals surface area (Å²) in [6.45, 7) is 2.23. The van der Waals surface area contributed by atoms with E-state index in [0.29, 0.717) is 31.7 Å². The molecule has 3 N–H and O–H groups in total. The van der Waals surface area contributed by atoms with Crippen molar-refractivity contribution in [3.63, 3.8) is 0 Å². The number of rotatable bonds is 5. The van der Waals surface area contributed by atoms with Gasteiger partial charge in [0.05, 0.1) is 6.42 Å². The Morgan fingerprint density at radius 3 is 3.09 bits per heavy atom. The van der Waals surface area contributed by atoms with Crippen LogP contribution in [0, 0.1) is 17.8 Å². The van der Waals surface area contributed by atoms with Crippen molar-refractivity contribution in [3.8, 4) is 6.07 Å². The van der Waals surface area contributed by atoms with Gasteiger partial charge in [-0.1, -0.05) is 0 Å². The highest BCUT2D eigenvalue weighted by molar-refractivity contribution is 5.90. The van der Waals surface area contributed by atoms with Gasteiger partial charge in [-0.05, 0) is 31.5 Å². The molecule has 117 valence electrons. The second-order valence-electron chi connectivity index (χ2n) is 5.20. The summed E-state index contributed by atoms with van der Waals surface area (Å²) in [4.78, 5) is 25.3. The van der Waals surface area contributed by atoms with Crippen LogP contribution < -0.4 is 11.1 Å². The van der Waals surface area contributed by atoms with Crippen molar-refractivity contribution in [1.29, 1.82) is 5.26 Å². The van der Waals surface area contributed by atoms with Gasteiger partial charge >= 0.3 is 0 Å². The van der Waals surface area contributed by atoms with Gasteiger partial charge < -0.3 is 20.5 Å². The second kappa shape index (κ2) is 7.61. The highest BCUT2D eigenvalue weighted by Gasteiger charge is 2.28. The lowest BCUT2D eigenvalue weighted by molar-refractivity contribution is -0.136. The lowest BCUT2D eigenvalue weighted by Crippen LogP contribution is -2.51. The van der Waals surface area contributed by atoms with Gasteiger partial charge in [0.25, 0.3) is 0 Å². The molecule has 7 heteroatoms. The number of hydrogen-bond donors (Lipinski definition) is 2. The number of aryl methyl sites for hydroxylation is 1. The van der Waals surface area contributed by atoms with E-state index in [-0.39, 0.29) is 5.91 Å². The standard InChI is InChI=1S/C15H20N5O2/c16-10-12-4-1-7-19(12)8-2-5-14(21)20-9-3-6-18-11-13(20)15(17)22/h1,4-5,7,13,18H,2-3,6,8-9,11H2,(H2,17,22). The van der Waals surface area contributed by atoms with E-state index in [1.54, 1.807) is 29.3 Å². The molecule has 1 aromatic rings. The lowest BCUT2D eigenvalue weighted by atomic mass is 10.2. The van der Waals surface area contributed by atoms with Crippen LogP contribution in [0.2, 0.25) is 0 Å². The minimum Gasteiger partial charge on any atom is -0.368 e. The number of primary amides is 1. The van der Waals surface area contributed by atoms with Crippen molar-refractivity contribution in [2.24, 2.45) is 5.73 Å². The van der Waals surface area contributed by atoms with Crippen molar-refractivity contribution < 1.29 is 9.59 Å². The molecule has 1 aromatic heterocycles. The molecular weight excluding hydrogens is 282 g/mol. The smallest absolute Gasteiger partial charge is 0.241 e. The third kappa shape index (κ3) is 3.86. The van der Waals surface area contributed by atoms with Crippen LogP contribution in [-0.4, -0.2) is 47.0 Å². The molecule has 2 rings (SSSR count). The number of nitrogens with zero attached hydrogens (tertiary/aromatic N) is 3. The fourth-order valence-corrected chi connectivity index (χ4v) is 2.55. The van der Waals surface area contributed by atoms with Gasteiger partial charge in [-0.15, -0.1) is 0 Å². The minimum absolute atomic E-state index is 0.182. The van der Waals surface area contributed by atoms with E-state index in [0.717, 1.165) is 13.0 Å².